The predicted octanol–water partition coefficient (Wildman–Crippen LogP) is 2.64. The summed E-state index contributed by atoms with van der Waals surface area (Å²) < 4.78 is 33.9. The number of carbonyl (C=O) groups is 1. The molecule has 4 rings (SSSR count). The first-order valence-corrected chi connectivity index (χ1v) is 10.4. The lowest BCUT2D eigenvalue weighted by molar-refractivity contribution is -0.115. The molecule has 0 aliphatic carbocycles. The number of aryl methyl sites for hydroxylation is 1. The zero-order chi connectivity index (χ0) is 19.2. The van der Waals surface area contributed by atoms with Gasteiger partial charge in [0.2, 0.25) is 15.9 Å². The number of amides is 1. The number of nitrogens with zero attached hydrogens (tertiary/aromatic N) is 1. The molecule has 0 aromatic heterocycles. The van der Waals surface area contributed by atoms with Crippen LogP contribution < -0.4 is 5.32 Å². The topological polar surface area (TPSA) is 75.7 Å². The molecule has 2 aromatic carbocycles. The third kappa shape index (κ3) is 3.50. The van der Waals surface area contributed by atoms with Gasteiger partial charge in [-0.25, -0.2) is 8.42 Å². The highest BCUT2D eigenvalue weighted by atomic mass is 32.2. The standard InChI is InChI=1S/C20H22N2O4S/c1-13-3-5-15(6-4-13)19-12-22(11-14(2)26-19)27(24,25)17-7-8-18-16(9-17)10-20(23)21-18/h3-9,14,19H,10-12H2,1-2H3,(H,21,23). The van der Waals surface area contributed by atoms with Crippen molar-refractivity contribution in [3.63, 3.8) is 0 Å². The van der Waals surface area contributed by atoms with E-state index < -0.39 is 10.0 Å². The second-order valence-electron chi connectivity index (χ2n) is 7.21. The average Bonchev–Trinajstić information content (AvgIpc) is 3.01. The Labute approximate surface area is 159 Å². The minimum Gasteiger partial charge on any atom is -0.368 e. The van der Waals surface area contributed by atoms with Crippen molar-refractivity contribution in [1.29, 1.82) is 0 Å². The maximum absolute atomic E-state index is 13.2. The van der Waals surface area contributed by atoms with E-state index in [1.54, 1.807) is 18.2 Å². The van der Waals surface area contributed by atoms with E-state index in [0.717, 1.165) is 16.7 Å². The fourth-order valence-electron chi connectivity index (χ4n) is 3.59. The number of hydrogen-bond donors (Lipinski definition) is 1. The molecular formula is C20H22N2O4S. The van der Waals surface area contributed by atoms with Crippen LogP contribution in [0.1, 0.15) is 29.7 Å². The van der Waals surface area contributed by atoms with Crippen LogP contribution in [0.3, 0.4) is 0 Å². The van der Waals surface area contributed by atoms with E-state index >= 15 is 0 Å². The van der Waals surface area contributed by atoms with Gasteiger partial charge in [0.25, 0.3) is 0 Å². The van der Waals surface area contributed by atoms with Gasteiger partial charge in [-0.1, -0.05) is 29.8 Å². The van der Waals surface area contributed by atoms with Crippen molar-refractivity contribution in [3.05, 3.63) is 59.2 Å². The molecule has 2 heterocycles. The van der Waals surface area contributed by atoms with E-state index in [0.29, 0.717) is 12.2 Å². The van der Waals surface area contributed by atoms with E-state index in [9.17, 15) is 13.2 Å². The Kier molecular flexibility index (Phi) is 4.53. The van der Waals surface area contributed by atoms with E-state index in [-0.39, 0.29) is 36.0 Å². The van der Waals surface area contributed by atoms with Crippen molar-refractivity contribution in [3.8, 4) is 0 Å². The van der Waals surface area contributed by atoms with Gasteiger partial charge in [-0.05, 0) is 43.2 Å². The quantitative estimate of drug-likeness (QED) is 0.880. The molecule has 142 valence electrons. The molecule has 2 aromatic rings. The van der Waals surface area contributed by atoms with E-state index in [4.69, 9.17) is 4.74 Å². The van der Waals surface area contributed by atoms with Gasteiger partial charge in [0.05, 0.1) is 23.5 Å². The lowest BCUT2D eigenvalue weighted by Gasteiger charge is -2.36. The number of benzene rings is 2. The third-order valence-electron chi connectivity index (χ3n) is 5.02. The number of sulfonamides is 1. The molecule has 7 heteroatoms. The summed E-state index contributed by atoms with van der Waals surface area (Å²) in [5, 5.41) is 2.73. The maximum Gasteiger partial charge on any atom is 0.243 e. The van der Waals surface area contributed by atoms with Crippen molar-refractivity contribution in [2.75, 3.05) is 18.4 Å². The summed E-state index contributed by atoms with van der Waals surface area (Å²) >= 11 is 0. The van der Waals surface area contributed by atoms with Crippen LogP contribution in [-0.4, -0.2) is 37.8 Å². The summed E-state index contributed by atoms with van der Waals surface area (Å²) in [5.41, 5.74) is 3.52. The van der Waals surface area contributed by atoms with E-state index in [2.05, 4.69) is 5.32 Å². The van der Waals surface area contributed by atoms with Gasteiger partial charge in [0.15, 0.2) is 0 Å². The molecule has 6 nitrogen and oxygen atoms in total. The van der Waals surface area contributed by atoms with Gasteiger partial charge in [0, 0.05) is 18.8 Å². The van der Waals surface area contributed by atoms with Gasteiger partial charge < -0.3 is 10.1 Å². The summed E-state index contributed by atoms with van der Waals surface area (Å²) in [6.45, 7) is 4.47. The van der Waals surface area contributed by atoms with Gasteiger partial charge in [-0.15, -0.1) is 0 Å². The Hall–Kier alpha value is -2.22. The summed E-state index contributed by atoms with van der Waals surface area (Å²) in [4.78, 5) is 11.8. The van der Waals surface area contributed by atoms with Crippen molar-refractivity contribution >= 4 is 21.6 Å². The highest BCUT2D eigenvalue weighted by Gasteiger charge is 2.35. The summed E-state index contributed by atoms with van der Waals surface area (Å²) in [7, 11) is -3.67. The predicted molar refractivity (Wildman–Crippen MR) is 102 cm³/mol. The van der Waals surface area contributed by atoms with Gasteiger partial charge >= 0.3 is 0 Å². The zero-order valence-corrected chi connectivity index (χ0v) is 16.1. The molecule has 2 aliphatic rings. The summed E-state index contributed by atoms with van der Waals surface area (Å²) in [6.07, 6.45) is -0.302. The number of anilines is 1. The highest BCUT2D eigenvalue weighted by molar-refractivity contribution is 7.89. The largest absolute Gasteiger partial charge is 0.368 e. The Morgan fingerprint density at radius 1 is 1.11 bits per heavy atom. The first kappa shape index (κ1) is 18.2. The number of carbonyl (C=O) groups excluding carboxylic acids is 1. The molecular weight excluding hydrogens is 364 g/mol. The second-order valence-corrected chi connectivity index (χ2v) is 9.15. The monoisotopic (exact) mass is 386 g/mol. The van der Waals surface area contributed by atoms with Crippen LogP contribution in [0.2, 0.25) is 0 Å². The number of fused-ring (bicyclic) bond motifs is 1. The van der Waals surface area contributed by atoms with Crippen molar-refractivity contribution in [1.82, 2.24) is 4.31 Å². The molecule has 0 spiro atoms. The fraction of sp³-hybridized carbons (Fsp3) is 0.350. The van der Waals surface area contributed by atoms with Crippen molar-refractivity contribution in [2.45, 2.75) is 37.4 Å². The molecule has 1 saturated heterocycles. The number of morpholine rings is 1. The van der Waals surface area contributed by atoms with Gasteiger partial charge in [0.1, 0.15) is 0 Å². The summed E-state index contributed by atoms with van der Waals surface area (Å²) in [5.74, 6) is -0.112. The third-order valence-corrected chi connectivity index (χ3v) is 6.84. The number of hydrogen-bond acceptors (Lipinski definition) is 4. The molecule has 27 heavy (non-hydrogen) atoms. The molecule has 0 bridgehead atoms. The average molecular weight is 386 g/mol. The first-order chi connectivity index (χ1) is 12.8. The van der Waals surface area contributed by atoms with Crippen LogP contribution in [-0.2, 0) is 26.0 Å². The second kappa shape index (κ2) is 6.74. The van der Waals surface area contributed by atoms with E-state index in [1.165, 1.54) is 4.31 Å². The van der Waals surface area contributed by atoms with Crippen molar-refractivity contribution < 1.29 is 17.9 Å². The molecule has 1 N–H and O–H groups in total. The van der Waals surface area contributed by atoms with Crippen LogP contribution in [0.5, 0.6) is 0 Å². The van der Waals surface area contributed by atoms with Crippen LogP contribution in [0.25, 0.3) is 0 Å². The lowest BCUT2D eigenvalue weighted by atomic mass is 10.1. The maximum atomic E-state index is 13.2. The van der Waals surface area contributed by atoms with Gasteiger partial charge in [-0.2, -0.15) is 4.31 Å². The van der Waals surface area contributed by atoms with Gasteiger partial charge in [-0.3, -0.25) is 4.79 Å². The number of nitrogens with one attached hydrogen (secondary N) is 1. The molecule has 1 fully saturated rings. The smallest absolute Gasteiger partial charge is 0.243 e. The SMILES string of the molecule is Cc1ccc(C2CN(S(=O)(=O)c3ccc4c(c3)CC(=O)N4)CC(C)O2)cc1. The number of ether oxygens (including phenoxy) is 1. The molecule has 1 amide bonds. The van der Waals surface area contributed by atoms with E-state index in [1.807, 2.05) is 38.1 Å². The van der Waals surface area contributed by atoms with Crippen LogP contribution in [0.4, 0.5) is 5.69 Å². The lowest BCUT2D eigenvalue weighted by Crippen LogP contribution is -2.45. The summed E-state index contributed by atoms with van der Waals surface area (Å²) in [6, 6.07) is 12.8. The Morgan fingerprint density at radius 3 is 2.59 bits per heavy atom. The number of rotatable bonds is 3. The molecule has 0 saturated carbocycles. The highest BCUT2D eigenvalue weighted by Crippen LogP contribution is 2.31. The molecule has 2 unspecified atom stereocenters. The Bertz CT molecular complexity index is 986. The zero-order valence-electron chi connectivity index (χ0n) is 15.3. The first-order valence-electron chi connectivity index (χ1n) is 8.98. The normalized spacial score (nSPS) is 23.1. The minimum absolute atomic E-state index is 0.112. The van der Waals surface area contributed by atoms with Crippen molar-refractivity contribution in [2.24, 2.45) is 0 Å². The minimum atomic E-state index is -3.67. The molecule has 2 atom stereocenters. The van der Waals surface area contributed by atoms with Crippen LogP contribution in [0.15, 0.2) is 47.4 Å². The molecule has 0 radical (unpaired) electrons. The molecule has 2 aliphatic heterocycles. The Balaban J connectivity index is 1.62. The van der Waals surface area contributed by atoms with Crippen LogP contribution in [0, 0.1) is 6.92 Å². The Morgan fingerprint density at radius 2 is 1.85 bits per heavy atom. The fourth-order valence-corrected chi connectivity index (χ4v) is 5.16. The van der Waals surface area contributed by atoms with Crippen LogP contribution >= 0.6 is 0 Å².